The Balaban J connectivity index is 1.72. The fourth-order valence-electron chi connectivity index (χ4n) is 1.54. The van der Waals surface area contributed by atoms with Gasteiger partial charge in [0.2, 0.25) is 0 Å². The average molecular weight is 323 g/mol. The summed E-state index contributed by atoms with van der Waals surface area (Å²) in [5.41, 5.74) is 0.356. The first-order valence-electron chi connectivity index (χ1n) is 5.52. The fraction of sp³-hybridized carbons (Fsp3) is 0.0909. The van der Waals surface area contributed by atoms with Crippen molar-refractivity contribution in [1.82, 2.24) is 19.6 Å². The fourth-order valence-corrected chi connectivity index (χ4v) is 3.13. The third-order valence-electron chi connectivity index (χ3n) is 2.45. The van der Waals surface area contributed by atoms with E-state index in [1.54, 1.807) is 11.3 Å². The van der Waals surface area contributed by atoms with E-state index >= 15 is 0 Å². The van der Waals surface area contributed by atoms with Crippen molar-refractivity contribution in [1.29, 1.82) is 5.26 Å². The maximum atomic E-state index is 8.97. The molecule has 3 rings (SSSR count). The zero-order valence-electron chi connectivity index (χ0n) is 9.92. The number of hydrogen-bond donors (Lipinski definition) is 2. The first-order chi connectivity index (χ1) is 9.78. The van der Waals surface area contributed by atoms with Crippen molar-refractivity contribution in [2.24, 2.45) is 0 Å². The molecule has 0 unspecified atom stereocenters. The molecule has 0 aromatic carbocycles. The molecule has 0 spiro atoms. The Morgan fingerprint density at radius 3 is 3.15 bits per heavy atom. The van der Waals surface area contributed by atoms with Gasteiger partial charge in [-0.05, 0) is 23.0 Å². The largest absolute Gasteiger partial charge is 0.367 e. The van der Waals surface area contributed by atoms with Gasteiger partial charge >= 0.3 is 0 Å². The Morgan fingerprint density at radius 2 is 2.40 bits per heavy atom. The predicted octanol–water partition coefficient (Wildman–Crippen LogP) is 3.13. The summed E-state index contributed by atoms with van der Waals surface area (Å²) in [7, 11) is 0. The van der Waals surface area contributed by atoms with Gasteiger partial charge in [-0.25, -0.2) is 4.98 Å². The quantitative estimate of drug-likeness (QED) is 0.770. The van der Waals surface area contributed by atoms with Gasteiger partial charge in [0, 0.05) is 0 Å². The molecule has 3 aromatic heterocycles. The molecule has 20 heavy (non-hydrogen) atoms. The lowest BCUT2D eigenvalue weighted by Gasteiger charge is -1.99. The summed E-state index contributed by atoms with van der Waals surface area (Å²) in [6.45, 7) is 0.422. The molecular weight excluding hydrogens is 316 g/mol. The van der Waals surface area contributed by atoms with E-state index in [1.807, 2.05) is 23.6 Å². The summed E-state index contributed by atoms with van der Waals surface area (Å²) in [6, 6.07) is 5.93. The summed E-state index contributed by atoms with van der Waals surface area (Å²) in [5, 5.41) is 21.9. The third kappa shape index (κ3) is 2.51. The molecule has 2 N–H and O–H groups in total. The molecule has 0 amide bonds. The van der Waals surface area contributed by atoms with Crippen molar-refractivity contribution >= 4 is 39.5 Å². The van der Waals surface area contributed by atoms with Crippen LogP contribution in [-0.4, -0.2) is 19.6 Å². The first kappa shape index (κ1) is 13.1. The number of thiophene rings is 1. The van der Waals surface area contributed by atoms with Crippen molar-refractivity contribution in [2.45, 2.75) is 6.54 Å². The Bertz CT molecular complexity index is 754. The van der Waals surface area contributed by atoms with Crippen LogP contribution in [0, 0.1) is 11.3 Å². The van der Waals surface area contributed by atoms with E-state index in [-0.39, 0.29) is 5.15 Å². The second-order valence-electron chi connectivity index (χ2n) is 3.73. The van der Waals surface area contributed by atoms with Crippen LogP contribution in [0.5, 0.6) is 0 Å². The van der Waals surface area contributed by atoms with Crippen LogP contribution < -0.4 is 5.32 Å². The van der Waals surface area contributed by atoms with Gasteiger partial charge in [0.15, 0.2) is 11.0 Å². The molecule has 9 heteroatoms. The number of halogens is 1. The molecule has 6 nitrogen and oxygen atoms in total. The molecule has 0 saturated heterocycles. The Hall–Kier alpha value is -1.95. The van der Waals surface area contributed by atoms with Crippen LogP contribution >= 0.6 is 34.5 Å². The van der Waals surface area contributed by atoms with E-state index in [2.05, 4.69) is 24.9 Å². The predicted molar refractivity (Wildman–Crippen MR) is 78.9 cm³/mol. The highest BCUT2D eigenvalue weighted by atomic mass is 35.5. The van der Waals surface area contributed by atoms with Crippen molar-refractivity contribution in [3.05, 3.63) is 34.1 Å². The van der Waals surface area contributed by atoms with E-state index in [0.29, 0.717) is 28.8 Å². The van der Waals surface area contributed by atoms with Crippen molar-refractivity contribution in [3.63, 3.8) is 0 Å². The Morgan fingerprint density at radius 1 is 1.50 bits per heavy atom. The van der Waals surface area contributed by atoms with Gasteiger partial charge in [0.1, 0.15) is 22.5 Å². The minimum Gasteiger partial charge on any atom is -0.367 e. The maximum absolute atomic E-state index is 8.97. The van der Waals surface area contributed by atoms with Crippen LogP contribution in [-0.2, 0) is 6.54 Å². The summed E-state index contributed by atoms with van der Waals surface area (Å²) >= 11 is 8.53. The van der Waals surface area contributed by atoms with Gasteiger partial charge in [-0.3, -0.25) is 5.10 Å². The van der Waals surface area contributed by atoms with Crippen molar-refractivity contribution in [2.75, 3.05) is 5.32 Å². The number of rotatable bonds is 4. The van der Waals surface area contributed by atoms with Crippen LogP contribution in [0.2, 0.25) is 5.15 Å². The smallest absolute Gasteiger partial charge is 0.191 e. The highest BCUT2D eigenvalue weighted by Crippen LogP contribution is 2.27. The molecule has 0 radical (unpaired) electrons. The number of H-pyrrole nitrogens is 1. The number of anilines is 1. The third-order valence-corrected chi connectivity index (χ3v) is 4.50. The normalized spacial score (nSPS) is 10.4. The lowest BCUT2D eigenvalue weighted by atomic mass is 10.4. The maximum Gasteiger partial charge on any atom is 0.191 e. The van der Waals surface area contributed by atoms with Gasteiger partial charge < -0.3 is 5.32 Å². The minimum absolute atomic E-state index is 0.219. The molecule has 0 aliphatic carbocycles. The molecular formula is C11H7ClN6S2. The van der Waals surface area contributed by atoms with Crippen molar-refractivity contribution < 1.29 is 0 Å². The highest BCUT2D eigenvalue weighted by Gasteiger charge is 2.12. The summed E-state index contributed by atoms with van der Waals surface area (Å²) in [4.78, 5) is 5.39. The molecule has 0 saturated carbocycles. The standard InChI is InChI=1S/C11H7ClN6S2/c12-9-6(4-13)11(20-18-9)14-5-8-15-10(17-16-8)7-2-1-3-19-7/h1-3,14H,5H2,(H,15,16,17). The molecule has 0 fully saturated rings. The van der Waals surface area contributed by atoms with Crippen LogP contribution in [0.25, 0.3) is 10.7 Å². The molecule has 0 aliphatic heterocycles. The minimum atomic E-state index is 0.219. The van der Waals surface area contributed by atoms with Gasteiger partial charge in [-0.2, -0.15) is 14.7 Å². The number of nitrogens with one attached hydrogen (secondary N) is 2. The van der Waals surface area contributed by atoms with Gasteiger partial charge in [-0.15, -0.1) is 11.3 Å². The first-order valence-corrected chi connectivity index (χ1v) is 7.55. The second-order valence-corrected chi connectivity index (χ2v) is 5.80. The van der Waals surface area contributed by atoms with E-state index in [9.17, 15) is 0 Å². The second kappa shape index (κ2) is 5.58. The van der Waals surface area contributed by atoms with Crippen LogP contribution in [0.1, 0.15) is 11.4 Å². The number of aromatic amines is 1. The topological polar surface area (TPSA) is 90.3 Å². The van der Waals surface area contributed by atoms with Crippen LogP contribution in [0.15, 0.2) is 17.5 Å². The zero-order chi connectivity index (χ0) is 13.9. The number of nitrogens with zero attached hydrogens (tertiary/aromatic N) is 4. The molecule has 0 atom stereocenters. The van der Waals surface area contributed by atoms with E-state index in [1.165, 1.54) is 0 Å². The summed E-state index contributed by atoms with van der Waals surface area (Å²) < 4.78 is 3.92. The average Bonchev–Trinajstić information content (AvgIpc) is 3.17. The number of nitriles is 1. The van der Waals surface area contributed by atoms with E-state index < -0.39 is 0 Å². The highest BCUT2D eigenvalue weighted by molar-refractivity contribution is 7.13. The number of hydrogen-bond acceptors (Lipinski definition) is 7. The molecule has 3 heterocycles. The monoisotopic (exact) mass is 322 g/mol. The molecule has 100 valence electrons. The summed E-state index contributed by atoms with van der Waals surface area (Å²) in [5.74, 6) is 1.35. The van der Waals surface area contributed by atoms with E-state index in [4.69, 9.17) is 16.9 Å². The lowest BCUT2D eigenvalue weighted by molar-refractivity contribution is 0.957. The van der Waals surface area contributed by atoms with Gasteiger partial charge in [-0.1, -0.05) is 17.7 Å². The lowest BCUT2D eigenvalue weighted by Crippen LogP contribution is -2.01. The molecule has 3 aromatic rings. The van der Waals surface area contributed by atoms with Gasteiger partial charge in [0.25, 0.3) is 0 Å². The molecule has 0 aliphatic rings. The Labute approximate surface area is 127 Å². The van der Waals surface area contributed by atoms with E-state index in [0.717, 1.165) is 16.4 Å². The number of aromatic nitrogens is 4. The Kier molecular flexibility index (Phi) is 3.64. The SMILES string of the molecule is N#Cc1c(Cl)nsc1NCc1nc(-c2cccs2)n[nH]1. The molecule has 0 bridgehead atoms. The zero-order valence-corrected chi connectivity index (χ0v) is 12.3. The van der Waals surface area contributed by atoms with Crippen molar-refractivity contribution in [3.8, 4) is 16.8 Å². The van der Waals surface area contributed by atoms with Crippen LogP contribution in [0.4, 0.5) is 5.00 Å². The van der Waals surface area contributed by atoms with Gasteiger partial charge in [0.05, 0.1) is 11.4 Å². The van der Waals surface area contributed by atoms with Crippen LogP contribution in [0.3, 0.4) is 0 Å². The summed E-state index contributed by atoms with van der Waals surface area (Å²) in [6.07, 6.45) is 0.